The van der Waals surface area contributed by atoms with Gasteiger partial charge < -0.3 is 4.74 Å². The van der Waals surface area contributed by atoms with E-state index in [2.05, 4.69) is 20.0 Å². The summed E-state index contributed by atoms with van der Waals surface area (Å²) in [5.74, 6) is 1.35. The van der Waals surface area contributed by atoms with Crippen LogP contribution in [0.3, 0.4) is 0 Å². The Balaban J connectivity index is 1.43. The minimum absolute atomic E-state index is 0.120. The van der Waals surface area contributed by atoms with E-state index in [9.17, 15) is 8.42 Å². The van der Waals surface area contributed by atoms with Crippen LogP contribution in [0.5, 0.6) is 11.6 Å². The number of hydrogen-bond acceptors (Lipinski definition) is 6. The molecule has 0 saturated carbocycles. The molecule has 0 radical (unpaired) electrons. The van der Waals surface area contributed by atoms with Gasteiger partial charge in [-0.3, -0.25) is 4.72 Å². The molecule has 0 aliphatic heterocycles. The number of halogens is 1. The predicted octanol–water partition coefficient (Wildman–Crippen LogP) is 3.91. The average molecular weight is 428 g/mol. The molecule has 0 spiro atoms. The predicted molar refractivity (Wildman–Crippen MR) is 108 cm³/mol. The van der Waals surface area contributed by atoms with Crippen LogP contribution in [0, 0.1) is 0 Å². The largest absolute Gasteiger partial charge is 0.438 e. The van der Waals surface area contributed by atoms with Crippen LogP contribution in [-0.4, -0.2) is 28.4 Å². The Morgan fingerprint density at radius 2 is 1.69 bits per heavy atom. The summed E-state index contributed by atoms with van der Waals surface area (Å²) >= 11 is 5.80. The first kappa shape index (κ1) is 18.9. The minimum atomic E-state index is -3.71. The lowest BCUT2D eigenvalue weighted by molar-refractivity contribution is 0.454. The number of benzene rings is 2. The van der Waals surface area contributed by atoms with Crippen molar-refractivity contribution in [3.63, 3.8) is 0 Å². The normalized spacial score (nSPS) is 11.2. The zero-order valence-corrected chi connectivity index (χ0v) is 16.4. The molecule has 0 aliphatic carbocycles. The highest BCUT2D eigenvalue weighted by Gasteiger charge is 2.14. The van der Waals surface area contributed by atoms with Gasteiger partial charge in [-0.1, -0.05) is 11.6 Å². The van der Waals surface area contributed by atoms with Gasteiger partial charge in [-0.2, -0.15) is 5.10 Å². The van der Waals surface area contributed by atoms with Crippen molar-refractivity contribution in [2.24, 2.45) is 0 Å². The maximum atomic E-state index is 12.4. The number of aromatic nitrogens is 4. The molecule has 146 valence electrons. The van der Waals surface area contributed by atoms with E-state index in [0.29, 0.717) is 28.2 Å². The van der Waals surface area contributed by atoms with Gasteiger partial charge in [-0.05, 0) is 60.7 Å². The van der Waals surface area contributed by atoms with E-state index >= 15 is 0 Å². The Kier molecular flexibility index (Phi) is 5.15. The third kappa shape index (κ3) is 4.53. The van der Waals surface area contributed by atoms with Crippen LogP contribution in [0.25, 0.3) is 5.82 Å². The van der Waals surface area contributed by atoms with Crippen LogP contribution in [0.15, 0.2) is 84.0 Å². The average Bonchev–Trinajstić information content (AvgIpc) is 3.25. The number of anilines is 1. The number of rotatable bonds is 6. The Bertz CT molecular complexity index is 1190. The summed E-state index contributed by atoms with van der Waals surface area (Å²) in [7, 11) is -3.71. The minimum Gasteiger partial charge on any atom is -0.438 e. The van der Waals surface area contributed by atoms with Crippen LogP contribution < -0.4 is 9.46 Å². The lowest BCUT2D eigenvalue weighted by Crippen LogP contribution is -2.12. The summed E-state index contributed by atoms with van der Waals surface area (Å²) in [5.41, 5.74) is 0.396. The van der Waals surface area contributed by atoms with E-state index in [1.54, 1.807) is 59.5 Å². The van der Waals surface area contributed by atoms with Gasteiger partial charge in [0.05, 0.1) is 4.90 Å². The van der Waals surface area contributed by atoms with Crippen molar-refractivity contribution in [2.75, 3.05) is 4.72 Å². The van der Waals surface area contributed by atoms with Gasteiger partial charge in [0.2, 0.25) is 5.88 Å². The summed E-state index contributed by atoms with van der Waals surface area (Å²) in [6.45, 7) is 0. The maximum Gasteiger partial charge on any atom is 0.261 e. The lowest BCUT2D eigenvalue weighted by atomic mass is 10.3. The molecule has 4 aromatic rings. The molecule has 0 aliphatic rings. The topological polar surface area (TPSA) is 99.0 Å². The monoisotopic (exact) mass is 427 g/mol. The molecule has 0 fully saturated rings. The van der Waals surface area contributed by atoms with Crippen LogP contribution >= 0.6 is 11.6 Å². The quantitative estimate of drug-likeness (QED) is 0.501. The fourth-order valence-corrected chi connectivity index (χ4v) is 3.62. The number of hydrogen-bond donors (Lipinski definition) is 1. The highest BCUT2D eigenvalue weighted by Crippen LogP contribution is 2.23. The zero-order valence-electron chi connectivity index (χ0n) is 14.8. The second-order valence-corrected chi connectivity index (χ2v) is 7.99. The lowest BCUT2D eigenvalue weighted by Gasteiger charge is -2.09. The van der Waals surface area contributed by atoms with Crippen molar-refractivity contribution in [2.45, 2.75) is 4.90 Å². The van der Waals surface area contributed by atoms with E-state index in [0.717, 1.165) is 0 Å². The molecule has 0 saturated heterocycles. The van der Waals surface area contributed by atoms with Crippen LogP contribution in [0.1, 0.15) is 0 Å². The number of ether oxygens (including phenoxy) is 1. The second kappa shape index (κ2) is 7.90. The second-order valence-electron chi connectivity index (χ2n) is 5.87. The van der Waals surface area contributed by atoms with Crippen molar-refractivity contribution < 1.29 is 13.2 Å². The first-order chi connectivity index (χ1) is 14.0. The van der Waals surface area contributed by atoms with Gasteiger partial charge in [0.1, 0.15) is 5.75 Å². The third-order valence-corrected chi connectivity index (χ3v) is 5.47. The van der Waals surface area contributed by atoms with Crippen LogP contribution in [0.2, 0.25) is 5.02 Å². The van der Waals surface area contributed by atoms with Gasteiger partial charge in [0.25, 0.3) is 10.0 Å². The zero-order chi connectivity index (χ0) is 20.3. The fraction of sp³-hybridized carbons (Fsp3) is 0. The molecule has 10 heteroatoms. The Morgan fingerprint density at radius 3 is 2.31 bits per heavy atom. The standard InChI is InChI=1S/C19H14ClN5O3S/c20-14-2-8-17(9-3-14)29(26,27)24-15-4-6-16(7-5-15)28-19-11-10-18(22-23-19)25-13-1-12-21-25/h1-13,24H. The Morgan fingerprint density at radius 1 is 0.931 bits per heavy atom. The third-order valence-electron chi connectivity index (χ3n) is 3.82. The molecule has 29 heavy (non-hydrogen) atoms. The summed E-state index contributed by atoms with van der Waals surface area (Å²) in [5, 5.41) is 12.6. The van der Waals surface area contributed by atoms with Crippen molar-refractivity contribution >= 4 is 27.3 Å². The van der Waals surface area contributed by atoms with Crippen LogP contribution in [-0.2, 0) is 10.0 Å². The van der Waals surface area contributed by atoms with Gasteiger partial charge in [0.15, 0.2) is 5.82 Å². The molecule has 0 unspecified atom stereocenters. The molecule has 0 amide bonds. The van der Waals surface area contributed by atoms with Crippen molar-refractivity contribution in [1.82, 2.24) is 20.0 Å². The summed E-state index contributed by atoms with van der Waals surface area (Å²) in [4.78, 5) is 0.120. The van der Waals surface area contributed by atoms with Gasteiger partial charge in [-0.15, -0.1) is 10.2 Å². The first-order valence-electron chi connectivity index (χ1n) is 8.40. The molecule has 0 bridgehead atoms. The number of sulfonamides is 1. The summed E-state index contributed by atoms with van der Waals surface area (Å²) in [6.07, 6.45) is 3.41. The van der Waals surface area contributed by atoms with Crippen LogP contribution in [0.4, 0.5) is 5.69 Å². The van der Waals surface area contributed by atoms with E-state index < -0.39 is 10.0 Å². The van der Waals surface area contributed by atoms with E-state index in [1.807, 2.05) is 0 Å². The molecule has 2 aromatic carbocycles. The molecular weight excluding hydrogens is 414 g/mol. The van der Waals surface area contributed by atoms with Crippen molar-refractivity contribution in [1.29, 1.82) is 0 Å². The van der Waals surface area contributed by atoms with E-state index in [4.69, 9.17) is 16.3 Å². The van der Waals surface area contributed by atoms with Gasteiger partial charge in [-0.25, -0.2) is 13.1 Å². The fourth-order valence-electron chi connectivity index (χ4n) is 2.43. The van der Waals surface area contributed by atoms with Gasteiger partial charge >= 0.3 is 0 Å². The maximum absolute atomic E-state index is 12.4. The summed E-state index contributed by atoms with van der Waals surface area (Å²) in [6, 6.07) is 17.5. The van der Waals surface area contributed by atoms with E-state index in [-0.39, 0.29) is 4.90 Å². The SMILES string of the molecule is O=S(=O)(Nc1ccc(Oc2ccc(-n3cccn3)nn2)cc1)c1ccc(Cl)cc1. The Hall–Kier alpha value is -3.43. The smallest absolute Gasteiger partial charge is 0.261 e. The number of nitrogens with one attached hydrogen (secondary N) is 1. The Labute approximate surface area is 171 Å². The molecule has 2 heterocycles. The van der Waals surface area contributed by atoms with Gasteiger partial charge in [0, 0.05) is 29.2 Å². The first-order valence-corrected chi connectivity index (χ1v) is 10.3. The molecule has 1 N–H and O–H groups in total. The highest BCUT2D eigenvalue weighted by molar-refractivity contribution is 7.92. The van der Waals surface area contributed by atoms with Crippen molar-refractivity contribution in [3.8, 4) is 17.4 Å². The molecule has 8 nitrogen and oxygen atoms in total. The molecule has 0 atom stereocenters. The summed E-state index contributed by atoms with van der Waals surface area (Å²) < 4.78 is 34.5. The molecule has 2 aromatic heterocycles. The number of nitrogens with zero attached hydrogens (tertiary/aromatic N) is 4. The highest BCUT2D eigenvalue weighted by atomic mass is 35.5. The van der Waals surface area contributed by atoms with Crippen molar-refractivity contribution in [3.05, 3.63) is 84.1 Å². The molecule has 4 rings (SSSR count). The molecular formula is C19H14ClN5O3S. The van der Waals surface area contributed by atoms with E-state index in [1.165, 1.54) is 24.3 Å².